The minimum absolute atomic E-state index is 0.236. The summed E-state index contributed by atoms with van der Waals surface area (Å²) in [6.07, 6.45) is 0. The first-order valence-corrected chi connectivity index (χ1v) is 15.7. The number of aromatic nitrogens is 1. The maximum atomic E-state index is 6.82. The highest BCUT2D eigenvalue weighted by atomic mass is 16.5. The fraction of sp³-hybridized carbons (Fsp3) is 0. The lowest BCUT2D eigenvalue weighted by Gasteiger charge is -2.33. The molecule has 46 heavy (non-hydrogen) atoms. The van der Waals surface area contributed by atoms with Crippen LogP contribution in [0.2, 0.25) is 0 Å². The van der Waals surface area contributed by atoms with Crippen molar-refractivity contribution in [1.82, 2.24) is 4.57 Å². The van der Waals surface area contributed by atoms with E-state index in [0.717, 1.165) is 61.7 Å². The summed E-state index contributed by atoms with van der Waals surface area (Å²) in [4.78, 5) is 0. The van der Waals surface area contributed by atoms with Gasteiger partial charge in [-0.05, 0) is 76.3 Å². The molecule has 0 atom stereocenters. The van der Waals surface area contributed by atoms with Crippen molar-refractivity contribution in [2.75, 3.05) is 0 Å². The molecular formula is C42H26BNO2. The van der Waals surface area contributed by atoms with E-state index in [2.05, 4.69) is 144 Å². The number of hydrogen-bond acceptors (Lipinski definition) is 2. The highest BCUT2D eigenvalue weighted by molar-refractivity contribution is 6.84. The van der Waals surface area contributed by atoms with E-state index in [0.29, 0.717) is 0 Å². The van der Waals surface area contributed by atoms with E-state index in [4.69, 9.17) is 9.39 Å². The van der Waals surface area contributed by atoms with E-state index in [1.807, 2.05) is 18.2 Å². The Balaban J connectivity index is 1.12. The predicted molar refractivity (Wildman–Crippen MR) is 189 cm³/mol. The molecule has 0 unspecified atom stereocenters. The molecule has 3 heterocycles. The molecule has 0 saturated heterocycles. The molecule has 2 aliphatic rings. The Hall–Kier alpha value is -6.00. The largest absolute Gasteiger partial charge is 0.551 e. The van der Waals surface area contributed by atoms with Gasteiger partial charge in [0.2, 0.25) is 0 Å². The van der Waals surface area contributed by atoms with Crippen LogP contribution in [0, 0.1) is 0 Å². The molecule has 0 amide bonds. The molecule has 214 valence electrons. The highest BCUT2D eigenvalue weighted by Gasteiger charge is 2.41. The maximum Gasteiger partial charge on any atom is 0.434 e. The molecule has 7 aromatic carbocycles. The van der Waals surface area contributed by atoms with E-state index in [1.54, 1.807) is 0 Å². The van der Waals surface area contributed by atoms with Crippen LogP contribution >= 0.6 is 0 Å². The van der Waals surface area contributed by atoms with Crippen LogP contribution in [-0.4, -0.2) is 11.5 Å². The lowest BCUT2D eigenvalue weighted by atomic mass is 9.50. The molecule has 0 radical (unpaired) electrons. The van der Waals surface area contributed by atoms with Crippen molar-refractivity contribution in [2.45, 2.75) is 0 Å². The topological polar surface area (TPSA) is 23.4 Å². The molecule has 0 saturated carbocycles. The Morgan fingerprint density at radius 2 is 1.07 bits per heavy atom. The van der Waals surface area contributed by atoms with E-state index >= 15 is 0 Å². The van der Waals surface area contributed by atoms with Crippen molar-refractivity contribution in [3.63, 3.8) is 0 Å². The second kappa shape index (κ2) is 9.75. The summed E-state index contributed by atoms with van der Waals surface area (Å²) in [5, 5.41) is 2.53. The van der Waals surface area contributed by atoms with Crippen LogP contribution in [-0.2, 0) is 0 Å². The van der Waals surface area contributed by atoms with E-state index in [9.17, 15) is 0 Å². The summed E-state index contributed by atoms with van der Waals surface area (Å²) >= 11 is 0. The van der Waals surface area contributed by atoms with Crippen molar-refractivity contribution in [3.8, 4) is 56.3 Å². The molecular weight excluding hydrogens is 561 g/mol. The van der Waals surface area contributed by atoms with Crippen molar-refractivity contribution in [3.05, 3.63) is 158 Å². The zero-order chi connectivity index (χ0) is 30.2. The van der Waals surface area contributed by atoms with Gasteiger partial charge in [0, 0.05) is 32.9 Å². The molecule has 0 N–H and O–H groups in total. The number of nitrogens with zero attached hydrogens (tertiary/aromatic N) is 1. The van der Waals surface area contributed by atoms with Crippen molar-refractivity contribution in [1.29, 1.82) is 0 Å². The third kappa shape index (κ3) is 3.74. The first-order valence-electron chi connectivity index (χ1n) is 15.7. The van der Waals surface area contributed by atoms with Gasteiger partial charge < -0.3 is 14.0 Å². The summed E-state index contributed by atoms with van der Waals surface area (Å²) < 4.78 is 15.8. The molecule has 0 aliphatic carbocycles. The summed E-state index contributed by atoms with van der Waals surface area (Å²) in [5.41, 5.74) is 12.5. The van der Waals surface area contributed by atoms with E-state index in [-0.39, 0.29) is 6.92 Å². The van der Waals surface area contributed by atoms with Crippen LogP contribution in [0.25, 0.3) is 60.9 Å². The number of fused-ring (bicyclic) bond motifs is 7. The van der Waals surface area contributed by atoms with Crippen LogP contribution in [0.4, 0.5) is 0 Å². The Labute approximate surface area is 267 Å². The van der Waals surface area contributed by atoms with Gasteiger partial charge in [-0.15, -0.1) is 0 Å². The summed E-state index contributed by atoms with van der Waals surface area (Å²) in [7, 11) is 0. The quantitative estimate of drug-likeness (QED) is 0.192. The van der Waals surface area contributed by atoms with Gasteiger partial charge in [-0.2, -0.15) is 0 Å². The number of rotatable bonds is 3. The Morgan fingerprint density at radius 1 is 0.435 bits per heavy atom. The second-order valence-electron chi connectivity index (χ2n) is 12.1. The van der Waals surface area contributed by atoms with Crippen LogP contribution in [0.15, 0.2) is 158 Å². The van der Waals surface area contributed by atoms with E-state index in [1.165, 1.54) is 27.4 Å². The van der Waals surface area contributed by atoms with Gasteiger partial charge in [0.1, 0.15) is 17.2 Å². The fourth-order valence-corrected chi connectivity index (χ4v) is 7.34. The summed E-state index contributed by atoms with van der Waals surface area (Å²) in [5.74, 6) is 2.58. The normalized spacial score (nSPS) is 12.7. The number of hydrogen-bond donors (Lipinski definition) is 0. The number of para-hydroxylation sites is 3. The Bertz CT molecular complexity index is 2430. The van der Waals surface area contributed by atoms with Gasteiger partial charge in [-0.1, -0.05) is 109 Å². The fourth-order valence-electron chi connectivity index (χ4n) is 7.34. The van der Waals surface area contributed by atoms with Crippen molar-refractivity contribution < 1.29 is 9.39 Å². The average Bonchev–Trinajstić information content (AvgIpc) is 3.46. The lowest BCUT2D eigenvalue weighted by Crippen LogP contribution is -2.53. The van der Waals surface area contributed by atoms with Gasteiger partial charge in [0.25, 0.3) is 0 Å². The van der Waals surface area contributed by atoms with Crippen LogP contribution in [0.5, 0.6) is 17.2 Å². The zero-order valence-corrected chi connectivity index (χ0v) is 24.9. The van der Waals surface area contributed by atoms with Crippen LogP contribution < -0.4 is 20.3 Å². The molecule has 4 heteroatoms. The average molecular weight is 587 g/mol. The van der Waals surface area contributed by atoms with Gasteiger partial charge in [0.05, 0.1) is 11.0 Å². The monoisotopic (exact) mass is 587 g/mol. The molecule has 1 aromatic heterocycles. The molecule has 10 rings (SSSR count). The van der Waals surface area contributed by atoms with Gasteiger partial charge in [-0.25, -0.2) is 0 Å². The van der Waals surface area contributed by atoms with Crippen molar-refractivity contribution >= 4 is 39.6 Å². The SMILES string of the molecule is c1ccc(-c2ccc3c(c2)OB2c4ccccc4Oc4cc(-c5ccc(-n6c7ccccc7c7ccccc76)cc5)cc-3c42)cc1. The Morgan fingerprint density at radius 3 is 1.85 bits per heavy atom. The first kappa shape index (κ1) is 25.3. The minimum Gasteiger partial charge on any atom is -0.551 e. The molecule has 0 fully saturated rings. The number of ether oxygens (including phenoxy) is 1. The summed E-state index contributed by atoms with van der Waals surface area (Å²) in [6, 6.07) is 55.9. The smallest absolute Gasteiger partial charge is 0.434 e. The molecule has 2 aliphatic heterocycles. The van der Waals surface area contributed by atoms with Gasteiger partial charge >= 0.3 is 6.92 Å². The highest BCUT2D eigenvalue weighted by Crippen LogP contribution is 2.43. The van der Waals surface area contributed by atoms with Crippen molar-refractivity contribution in [2.24, 2.45) is 0 Å². The third-order valence-corrected chi connectivity index (χ3v) is 9.49. The second-order valence-corrected chi connectivity index (χ2v) is 12.1. The minimum atomic E-state index is -0.236. The van der Waals surface area contributed by atoms with Gasteiger partial charge in [-0.3, -0.25) is 0 Å². The zero-order valence-electron chi connectivity index (χ0n) is 24.9. The molecule has 8 aromatic rings. The predicted octanol–water partition coefficient (Wildman–Crippen LogP) is 9.39. The molecule has 0 bridgehead atoms. The number of benzene rings is 7. The maximum absolute atomic E-state index is 6.82. The standard InChI is InChI=1S/C42H26BNO2/c1-2-10-27(11-3-1)29-20-23-34-35-24-30(26-41-42(35)43(46-40(34)25-29)36-14-6-9-17-39(36)45-41)28-18-21-31(22-19-28)44-37-15-7-4-12-32(37)33-13-5-8-16-38(33)44/h1-26H. The van der Waals surface area contributed by atoms with Crippen LogP contribution in [0.1, 0.15) is 0 Å². The molecule has 0 spiro atoms. The lowest BCUT2D eigenvalue weighted by molar-refractivity contribution is 0.479. The third-order valence-electron chi connectivity index (χ3n) is 9.49. The van der Waals surface area contributed by atoms with Gasteiger partial charge in [0.15, 0.2) is 0 Å². The first-order chi connectivity index (χ1) is 22.8. The Kier molecular flexibility index (Phi) is 5.37. The molecule has 3 nitrogen and oxygen atoms in total. The van der Waals surface area contributed by atoms with E-state index < -0.39 is 0 Å². The van der Waals surface area contributed by atoms with Crippen LogP contribution in [0.3, 0.4) is 0 Å². The summed E-state index contributed by atoms with van der Waals surface area (Å²) in [6.45, 7) is -0.236.